The molecule has 5 heteroatoms. The third-order valence-electron chi connectivity index (χ3n) is 3.86. The van der Waals surface area contributed by atoms with Crippen LogP contribution in [0.25, 0.3) is 11.0 Å². The van der Waals surface area contributed by atoms with Gasteiger partial charge in [-0.05, 0) is 36.8 Å². The molecule has 3 rings (SSSR count). The van der Waals surface area contributed by atoms with Crippen LogP contribution in [0.3, 0.4) is 0 Å². The second-order valence-electron chi connectivity index (χ2n) is 5.97. The van der Waals surface area contributed by atoms with E-state index in [1.54, 1.807) is 17.1 Å². The van der Waals surface area contributed by atoms with Crippen molar-refractivity contribution in [1.82, 2.24) is 14.6 Å². The first-order valence-electron chi connectivity index (χ1n) is 7.23. The lowest BCUT2D eigenvalue weighted by molar-refractivity contribution is 0.436. The Kier molecular flexibility index (Phi) is 3.42. The first kappa shape index (κ1) is 13.1. The smallest absolute Gasteiger partial charge is 0.307 e. The Bertz CT molecular complexity index is 664. The number of aromatic nitrogens is 3. The molecule has 0 saturated carbocycles. The van der Waals surface area contributed by atoms with Gasteiger partial charge in [0.05, 0.1) is 0 Å². The van der Waals surface area contributed by atoms with Crippen LogP contribution in [0.15, 0.2) is 29.3 Å². The van der Waals surface area contributed by atoms with Crippen molar-refractivity contribution in [3.8, 4) is 0 Å². The summed E-state index contributed by atoms with van der Waals surface area (Å²) in [6.07, 6.45) is 5.66. The molecule has 3 heterocycles. The fraction of sp³-hybridized carbons (Fsp3) is 0.533. The molecule has 1 atom stereocenters. The number of hydrogen-bond donors (Lipinski definition) is 0. The molecule has 0 N–H and O–H groups in total. The van der Waals surface area contributed by atoms with E-state index in [1.165, 1.54) is 6.42 Å². The summed E-state index contributed by atoms with van der Waals surface area (Å²) in [5, 5.41) is 3.00. The molecule has 0 spiro atoms. The van der Waals surface area contributed by atoms with E-state index in [0.717, 1.165) is 24.9 Å². The number of pyridine rings is 1. The highest BCUT2D eigenvalue weighted by Crippen LogP contribution is 2.22. The maximum atomic E-state index is 12.1. The zero-order valence-electron chi connectivity index (χ0n) is 12.0. The zero-order valence-corrected chi connectivity index (χ0v) is 12.0. The Morgan fingerprint density at radius 3 is 3.05 bits per heavy atom. The minimum Gasteiger partial charge on any atom is -0.307 e. The number of fused-ring (bicyclic) bond motifs is 1. The van der Waals surface area contributed by atoms with Crippen molar-refractivity contribution in [3.05, 3.63) is 35.0 Å². The highest BCUT2D eigenvalue weighted by Gasteiger charge is 2.25. The van der Waals surface area contributed by atoms with Crippen LogP contribution in [0.5, 0.6) is 0 Å². The maximum absolute atomic E-state index is 12.1. The summed E-state index contributed by atoms with van der Waals surface area (Å²) in [6.45, 7) is 6.30. The van der Waals surface area contributed by atoms with Crippen molar-refractivity contribution in [2.45, 2.75) is 26.7 Å². The molecule has 2 aromatic heterocycles. The summed E-state index contributed by atoms with van der Waals surface area (Å²) in [7, 11) is 0. The molecule has 0 aromatic carbocycles. The molecule has 20 heavy (non-hydrogen) atoms. The number of hydrogen-bond acceptors (Lipinski definition) is 4. The summed E-state index contributed by atoms with van der Waals surface area (Å²) < 4.78 is 1.65. The van der Waals surface area contributed by atoms with Gasteiger partial charge in [-0.1, -0.05) is 13.8 Å². The van der Waals surface area contributed by atoms with Gasteiger partial charge in [-0.15, -0.1) is 0 Å². The average Bonchev–Trinajstić information content (AvgIpc) is 2.85. The van der Waals surface area contributed by atoms with E-state index in [4.69, 9.17) is 0 Å². The van der Waals surface area contributed by atoms with Crippen molar-refractivity contribution in [2.24, 2.45) is 11.8 Å². The van der Waals surface area contributed by atoms with E-state index >= 15 is 0 Å². The van der Waals surface area contributed by atoms with Crippen LogP contribution in [0.2, 0.25) is 0 Å². The van der Waals surface area contributed by atoms with Crippen LogP contribution in [0.4, 0.5) is 0 Å². The minimum absolute atomic E-state index is 0.235. The van der Waals surface area contributed by atoms with Gasteiger partial charge in [-0.3, -0.25) is 0 Å². The van der Waals surface area contributed by atoms with Crippen LogP contribution in [-0.4, -0.2) is 27.7 Å². The topological polar surface area (TPSA) is 51.0 Å². The second-order valence-corrected chi connectivity index (χ2v) is 5.97. The van der Waals surface area contributed by atoms with Crippen LogP contribution in [0.1, 0.15) is 26.7 Å². The van der Waals surface area contributed by atoms with E-state index in [-0.39, 0.29) is 5.69 Å². The molecule has 1 saturated heterocycles. The molecule has 0 amide bonds. The van der Waals surface area contributed by atoms with Gasteiger partial charge in [0.15, 0.2) is 5.65 Å². The Morgan fingerprint density at radius 2 is 2.25 bits per heavy atom. The van der Waals surface area contributed by atoms with Crippen molar-refractivity contribution in [3.63, 3.8) is 0 Å². The Balaban J connectivity index is 1.95. The van der Waals surface area contributed by atoms with Crippen molar-refractivity contribution < 1.29 is 0 Å². The summed E-state index contributed by atoms with van der Waals surface area (Å²) in [4.78, 5) is 20.4. The normalized spacial score (nSPS) is 19.1. The van der Waals surface area contributed by atoms with E-state index in [0.29, 0.717) is 17.5 Å². The fourth-order valence-electron chi connectivity index (χ4n) is 3.07. The maximum Gasteiger partial charge on any atom is 0.368 e. The SMILES string of the molecule is CC(C)CC1CCN(n2c(=O)ncc3cccnc32)C1. The average molecular weight is 272 g/mol. The van der Waals surface area contributed by atoms with E-state index < -0.39 is 0 Å². The van der Waals surface area contributed by atoms with Gasteiger partial charge < -0.3 is 5.01 Å². The van der Waals surface area contributed by atoms with E-state index in [1.807, 2.05) is 12.1 Å². The minimum atomic E-state index is -0.235. The Labute approximate surface area is 118 Å². The molecule has 106 valence electrons. The molecule has 2 aromatic rings. The van der Waals surface area contributed by atoms with Gasteiger partial charge in [0.25, 0.3) is 0 Å². The molecule has 0 radical (unpaired) electrons. The van der Waals surface area contributed by atoms with Crippen molar-refractivity contribution >= 4 is 11.0 Å². The molecule has 1 aliphatic heterocycles. The molecule has 1 aliphatic rings. The first-order chi connectivity index (χ1) is 9.65. The first-order valence-corrected chi connectivity index (χ1v) is 7.23. The third kappa shape index (κ3) is 2.40. The fourth-order valence-corrected chi connectivity index (χ4v) is 3.07. The van der Waals surface area contributed by atoms with Crippen LogP contribution < -0.4 is 10.7 Å². The number of nitrogens with zero attached hydrogens (tertiary/aromatic N) is 4. The molecular weight excluding hydrogens is 252 g/mol. The third-order valence-corrected chi connectivity index (χ3v) is 3.86. The standard InChI is InChI=1S/C15H20N4O/c1-11(2)8-12-5-7-18(10-12)19-14-13(4-3-6-16-14)9-17-15(19)20/h3-4,6,9,11-12H,5,7-8,10H2,1-2H3. The molecule has 1 unspecified atom stereocenters. The van der Waals surface area contributed by atoms with E-state index in [2.05, 4.69) is 28.8 Å². The highest BCUT2D eigenvalue weighted by atomic mass is 16.2. The van der Waals surface area contributed by atoms with Gasteiger partial charge in [0, 0.05) is 30.9 Å². The van der Waals surface area contributed by atoms with Gasteiger partial charge in [-0.2, -0.15) is 9.66 Å². The predicted molar refractivity (Wildman–Crippen MR) is 79.3 cm³/mol. The summed E-state index contributed by atoms with van der Waals surface area (Å²) in [5.74, 6) is 1.35. The number of rotatable bonds is 3. The predicted octanol–water partition coefficient (Wildman–Crippen LogP) is 1.80. The summed E-state index contributed by atoms with van der Waals surface area (Å²) in [6, 6.07) is 3.80. The lowest BCUT2D eigenvalue weighted by atomic mass is 9.97. The molecule has 0 bridgehead atoms. The zero-order chi connectivity index (χ0) is 14.1. The second kappa shape index (κ2) is 5.23. The molecule has 1 fully saturated rings. The Morgan fingerprint density at radius 1 is 1.40 bits per heavy atom. The van der Waals surface area contributed by atoms with Gasteiger partial charge in [0.2, 0.25) is 0 Å². The highest BCUT2D eigenvalue weighted by molar-refractivity contribution is 5.73. The van der Waals surface area contributed by atoms with Crippen LogP contribution >= 0.6 is 0 Å². The Hall–Kier alpha value is -1.91. The lowest BCUT2D eigenvalue weighted by Gasteiger charge is -2.22. The lowest BCUT2D eigenvalue weighted by Crippen LogP contribution is -2.42. The van der Waals surface area contributed by atoms with Gasteiger partial charge in [0.1, 0.15) is 0 Å². The molecular formula is C15H20N4O. The summed E-state index contributed by atoms with van der Waals surface area (Å²) in [5.41, 5.74) is 0.471. The monoisotopic (exact) mass is 272 g/mol. The largest absolute Gasteiger partial charge is 0.368 e. The molecule has 0 aliphatic carbocycles. The van der Waals surface area contributed by atoms with Crippen molar-refractivity contribution in [2.75, 3.05) is 18.1 Å². The van der Waals surface area contributed by atoms with Gasteiger partial charge >= 0.3 is 5.69 Å². The summed E-state index contributed by atoms with van der Waals surface area (Å²) >= 11 is 0. The quantitative estimate of drug-likeness (QED) is 0.855. The molecule has 5 nitrogen and oxygen atoms in total. The van der Waals surface area contributed by atoms with Crippen LogP contribution in [-0.2, 0) is 0 Å². The van der Waals surface area contributed by atoms with Gasteiger partial charge in [-0.25, -0.2) is 9.78 Å². The van der Waals surface area contributed by atoms with E-state index in [9.17, 15) is 4.79 Å². The van der Waals surface area contributed by atoms with Crippen LogP contribution in [0, 0.1) is 11.8 Å². The van der Waals surface area contributed by atoms with Crippen molar-refractivity contribution in [1.29, 1.82) is 0 Å².